The van der Waals surface area contributed by atoms with E-state index in [4.69, 9.17) is 11.6 Å². The van der Waals surface area contributed by atoms with Crippen LogP contribution >= 0.6 is 11.6 Å². The number of rotatable bonds is 7. The standard InChI is InChI=1S/C13H20ClN3O/c1-3-4-5-6-7-16-13(18)10-8-11(14)12(15-2)17-9-10/h8-9H,3-7H2,1-2H3,(H,15,17)(H,16,18). The van der Waals surface area contributed by atoms with Gasteiger partial charge >= 0.3 is 0 Å². The maximum absolute atomic E-state index is 11.8. The van der Waals surface area contributed by atoms with Gasteiger partial charge in [-0.05, 0) is 12.5 Å². The Morgan fingerprint density at radius 2 is 2.17 bits per heavy atom. The van der Waals surface area contributed by atoms with Gasteiger partial charge in [-0.3, -0.25) is 4.79 Å². The number of nitrogens with one attached hydrogen (secondary N) is 2. The molecule has 0 saturated heterocycles. The first-order valence-electron chi connectivity index (χ1n) is 6.30. The Balaban J connectivity index is 2.44. The molecule has 4 nitrogen and oxygen atoms in total. The van der Waals surface area contributed by atoms with Crippen LogP contribution in [0.3, 0.4) is 0 Å². The second kappa shape index (κ2) is 7.93. The van der Waals surface area contributed by atoms with Crippen molar-refractivity contribution in [1.29, 1.82) is 0 Å². The molecule has 0 fully saturated rings. The van der Waals surface area contributed by atoms with E-state index in [1.165, 1.54) is 19.0 Å². The van der Waals surface area contributed by atoms with E-state index in [1.807, 2.05) is 0 Å². The molecule has 1 rings (SSSR count). The summed E-state index contributed by atoms with van der Waals surface area (Å²) in [6, 6.07) is 1.63. The second-order valence-corrected chi connectivity index (χ2v) is 4.53. The summed E-state index contributed by atoms with van der Waals surface area (Å²) in [4.78, 5) is 15.9. The molecule has 0 aliphatic heterocycles. The quantitative estimate of drug-likeness (QED) is 0.748. The van der Waals surface area contributed by atoms with Crippen molar-refractivity contribution in [2.24, 2.45) is 0 Å². The average Bonchev–Trinajstić information content (AvgIpc) is 2.38. The van der Waals surface area contributed by atoms with Crippen LogP contribution in [0.5, 0.6) is 0 Å². The van der Waals surface area contributed by atoms with E-state index >= 15 is 0 Å². The summed E-state index contributed by atoms with van der Waals surface area (Å²) in [6.45, 7) is 2.86. The molecule has 100 valence electrons. The molecule has 2 N–H and O–H groups in total. The number of hydrogen-bond acceptors (Lipinski definition) is 3. The van der Waals surface area contributed by atoms with Crippen LogP contribution in [0.25, 0.3) is 0 Å². The SMILES string of the molecule is CCCCCCNC(=O)c1cnc(NC)c(Cl)c1. The minimum atomic E-state index is -0.122. The number of nitrogens with zero attached hydrogens (tertiary/aromatic N) is 1. The van der Waals surface area contributed by atoms with E-state index in [2.05, 4.69) is 22.5 Å². The Labute approximate surface area is 113 Å². The second-order valence-electron chi connectivity index (χ2n) is 4.12. The number of amides is 1. The highest BCUT2D eigenvalue weighted by Crippen LogP contribution is 2.19. The largest absolute Gasteiger partial charge is 0.372 e. The van der Waals surface area contributed by atoms with Crippen LogP contribution in [0.1, 0.15) is 43.0 Å². The van der Waals surface area contributed by atoms with Crippen LogP contribution in [-0.2, 0) is 0 Å². The van der Waals surface area contributed by atoms with Gasteiger partial charge in [0.15, 0.2) is 0 Å². The monoisotopic (exact) mass is 269 g/mol. The molecule has 1 amide bonds. The highest BCUT2D eigenvalue weighted by Gasteiger charge is 2.08. The lowest BCUT2D eigenvalue weighted by Crippen LogP contribution is -2.24. The van der Waals surface area contributed by atoms with Gasteiger partial charge in [0.05, 0.1) is 10.6 Å². The molecule has 18 heavy (non-hydrogen) atoms. The molecule has 1 heterocycles. The van der Waals surface area contributed by atoms with Gasteiger partial charge in [0, 0.05) is 19.8 Å². The van der Waals surface area contributed by atoms with E-state index < -0.39 is 0 Å². The van der Waals surface area contributed by atoms with Crippen LogP contribution in [0, 0.1) is 0 Å². The molecular weight excluding hydrogens is 250 g/mol. The zero-order chi connectivity index (χ0) is 13.4. The molecule has 1 aromatic rings. The van der Waals surface area contributed by atoms with Gasteiger partial charge in [-0.2, -0.15) is 0 Å². The molecule has 5 heteroatoms. The van der Waals surface area contributed by atoms with Crippen molar-refractivity contribution in [2.45, 2.75) is 32.6 Å². The summed E-state index contributed by atoms with van der Waals surface area (Å²) >= 11 is 5.97. The summed E-state index contributed by atoms with van der Waals surface area (Å²) < 4.78 is 0. The van der Waals surface area contributed by atoms with E-state index in [-0.39, 0.29) is 5.91 Å². The van der Waals surface area contributed by atoms with Crippen molar-refractivity contribution in [1.82, 2.24) is 10.3 Å². The van der Waals surface area contributed by atoms with Gasteiger partial charge < -0.3 is 10.6 Å². The Bertz CT molecular complexity index is 396. The maximum Gasteiger partial charge on any atom is 0.252 e. The number of carbonyl (C=O) groups excluding carboxylic acids is 1. The summed E-state index contributed by atoms with van der Waals surface area (Å²) in [6.07, 6.45) is 6.09. The number of pyridine rings is 1. The van der Waals surface area contributed by atoms with Crippen molar-refractivity contribution >= 4 is 23.3 Å². The lowest BCUT2D eigenvalue weighted by Gasteiger charge is -2.07. The van der Waals surface area contributed by atoms with E-state index in [0.717, 1.165) is 12.8 Å². The van der Waals surface area contributed by atoms with Crippen LogP contribution in [0.15, 0.2) is 12.3 Å². The van der Waals surface area contributed by atoms with Gasteiger partial charge in [-0.1, -0.05) is 37.8 Å². The van der Waals surface area contributed by atoms with Crippen molar-refractivity contribution in [3.63, 3.8) is 0 Å². The summed E-state index contributed by atoms with van der Waals surface area (Å²) in [5, 5.41) is 6.17. The molecule has 0 bridgehead atoms. The number of unbranched alkanes of at least 4 members (excludes halogenated alkanes) is 3. The molecule has 0 unspecified atom stereocenters. The van der Waals surface area contributed by atoms with Gasteiger partial charge in [0.1, 0.15) is 5.82 Å². The lowest BCUT2D eigenvalue weighted by molar-refractivity contribution is 0.0952. The normalized spacial score (nSPS) is 10.2. The van der Waals surface area contributed by atoms with Crippen molar-refractivity contribution in [3.05, 3.63) is 22.8 Å². The molecule has 0 radical (unpaired) electrons. The van der Waals surface area contributed by atoms with E-state index in [9.17, 15) is 4.79 Å². The van der Waals surface area contributed by atoms with Gasteiger partial charge in [0.25, 0.3) is 5.91 Å². The Hall–Kier alpha value is -1.29. The molecule has 0 aliphatic carbocycles. The molecule has 0 atom stereocenters. The van der Waals surface area contributed by atoms with Crippen molar-refractivity contribution in [2.75, 3.05) is 18.9 Å². The first-order valence-corrected chi connectivity index (χ1v) is 6.68. The van der Waals surface area contributed by atoms with Gasteiger partial charge in [0.2, 0.25) is 0 Å². The van der Waals surface area contributed by atoms with Crippen LogP contribution in [0.2, 0.25) is 5.02 Å². The predicted molar refractivity (Wildman–Crippen MR) is 75.3 cm³/mol. The average molecular weight is 270 g/mol. The summed E-state index contributed by atoms with van der Waals surface area (Å²) in [5.41, 5.74) is 0.495. The fraction of sp³-hybridized carbons (Fsp3) is 0.538. The predicted octanol–water partition coefficient (Wildman–Crippen LogP) is 3.09. The third-order valence-corrected chi connectivity index (χ3v) is 2.94. The van der Waals surface area contributed by atoms with Crippen LogP contribution in [0.4, 0.5) is 5.82 Å². The first kappa shape index (κ1) is 14.8. The number of halogens is 1. The Morgan fingerprint density at radius 1 is 1.39 bits per heavy atom. The minimum absolute atomic E-state index is 0.122. The van der Waals surface area contributed by atoms with Crippen molar-refractivity contribution < 1.29 is 4.79 Å². The zero-order valence-corrected chi connectivity index (χ0v) is 11.7. The van der Waals surface area contributed by atoms with Crippen LogP contribution in [-0.4, -0.2) is 24.5 Å². The molecular formula is C13H20ClN3O. The summed E-state index contributed by atoms with van der Waals surface area (Å²) in [5.74, 6) is 0.458. The third-order valence-electron chi connectivity index (χ3n) is 2.66. The highest BCUT2D eigenvalue weighted by atomic mass is 35.5. The Kier molecular flexibility index (Phi) is 6.50. The van der Waals surface area contributed by atoms with Crippen LogP contribution < -0.4 is 10.6 Å². The van der Waals surface area contributed by atoms with E-state index in [1.54, 1.807) is 13.1 Å². The number of carbonyl (C=O) groups is 1. The van der Waals surface area contributed by atoms with Gasteiger partial charge in [-0.15, -0.1) is 0 Å². The third kappa shape index (κ3) is 4.53. The molecule has 0 aromatic carbocycles. The summed E-state index contributed by atoms with van der Waals surface area (Å²) in [7, 11) is 1.74. The number of aromatic nitrogens is 1. The highest BCUT2D eigenvalue weighted by molar-refractivity contribution is 6.33. The Morgan fingerprint density at radius 3 is 2.78 bits per heavy atom. The number of anilines is 1. The minimum Gasteiger partial charge on any atom is -0.372 e. The van der Waals surface area contributed by atoms with Crippen molar-refractivity contribution in [3.8, 4) is 0 Å². The van der Waals surface area contributed by atoms with Gasteiger partial charge in [-0.25, -0.2) is 4.98 Å². The molecule has 0 saturated carbocycles. The molecule has 0 aliphatic rings. The fourth-order valence-electron chi connectivity index (χ4n) is 1.60. The fourth-order valence-corrected chi connectivity index (χ4v) is 1.86. The van der Waals surface area contributed by atoms with E-state index in [0.29, 0.717) is 22.9 Å². The number of hydrogen-bond donors (Lipinski definition) is 2. The first-order chi connectivity index (χ1) is 8.69. The molecule has 0 spiro atoms. The maximum atomic E-state index is 11.8. The smallest absolute Gasteiger partial charge is 0.252 e. The molecule has 1 aromatic heterocycles. The zero-order valence-electron chi connectivity index (χ0n) is 10.9. The lowest BCUT2D eigenvalue weighted by atomic mass is 10.2. The topological polar surface area (TPSA) is 54.0 Å².